The van der Waals surface area contributed by atoms with Crippen LogP contribution in [0.1, 0.15) is 36.7 Å². The fraction of sp³-hybridized carbons (Fsp3) is 0.400. The molecule has 0 aliphatic heterocycles. The van der Waals surface area contributed by atoms with E-state index < -0.39 is 36.8 Å². The number of nitro benzene ring substituents is 1. The summed E-state index contributed by atoms with van der Waals surface area (Å²) in [5.74, 6) is -0.600. The smallest absolute Gasteiger partial charge is 0.417 e. The first-order chi connectivity index (χ1) is 17.1. The predicted octanol–water partition coefficient (Wildman–Crippen LogP) is 6.36. The van der Waals surface area contributed by atoms with E-state index in [1.807, 2.05) is 0 Å². The average Bonchev–Trinajstić information content (AvgIpc) is 2.73. The van der Waals surface area contributed by atoms with Gasteiger partial charge in [-0.25, -0.2) is 14.4 Å². The Balaban J connectivity index is 2.29. The van der Waals surface area contributed by atoms with Gasteiger partial charge in [-0.05, 0) is 63.6 Å². The monoisotopic (exact) mass is 531 g/mol. The van der Waals surface area contributed by atoms with Gasteiger partial charge in [0.15, 0.2) is 0 Å². The van der Waals surface area contributed by atoms with Crippen molar-refractivity contribution < 1.29 is 33.5 Å². The number of hydrogen-bond acceptors (Lipinski definition) is 8. The highest BCUT2D eigenvalue weighted by Gasteiger charge is 2.24. The van der Waals surface area contributed by atoms with E-state index >= 15 is 0 Å². The summed E-state index contributed by atoms with van der Waals surface area (Å²) < 4.78 is 16.0. The Hall–Kier alpha value is -3.93. The lowest BCUT2D eigenvalue weighted by Gasteiger charge is -2.21. The molecule has 2 aromatic carbocycles. The van der Waals surface area contributed by atoms with Crippen molar-refractivity contribution in [3.05, 3.63) is 57.6 Å². The summed E-state index contributed by atoms with van der Waals surface area (Å²) in [6, 6.07) is 8.66. The normalized spacial score (nSPS) is 11.3. The molecule has 2 N–H and O–H groups in total. The number of ether oxygens (including phenoxy) is 3. The Kier molecular flexibility index (Phi) is 9.40. The van der Waals surface area contributed by atoms with Crippen molar-refractivity contribution in [2.45, 2.75) is 59.0 Å². The van der Waals surface area contributed by atoms with Gasteiger partial charge in [-0.15, -0.1) is 0 Å². The highest BCUT2D eigenvalue weighted by atomic mass is 28.3. The van der Waals surface area contributed by atoms with E-state index in [-0.39, 0.29) is 29.3 Å². The van der Waals surface area contributed by atoms with Crippen molar-refractivity contribution in [2.24, 2.45) is 0 Å². The molecule has 0 heterocycles. The molecule has 0 radical (unpaired) electrons. The molecule has 0 aromatic heterocycles. The second kappa shape index (κ2) is 11.9. The summed E-state index contributed by atoms with van der Waals surface area (Å²) in [6.07, 6.45) is -1.62. The third kappa shape index (κ3) is 9.56. The van der Waals surface area contributed by atoms with Gasteiger partial charge in [-0.1, -0.05) is 19.6 Å². The third-order valence-electron chi connectivity index (χ3n) is 4.88. The van der Waals surface area contributed by atoms with Crippen molar-refractivity contribution in [1.29, 1.82) is 0 Å². The van der Waals surface area contributed by atoms with E-state index in [4.69, 9.17) is 14.2 Å². The number of benzene rings is 2. The molecule has 2 rings (SSSR count). The van der Waals surface area contributed by atoms with Crippen LogP contribution in [-0.2, 0) is 9.47 Å². The van der Waals surface area contributed by atoms with Crippen molar-refractivity contribution in [3.63, 3.8) is 0 Å². The van der Waals surface area contributed by atoms with Gasteiger partial charge in [0.1, 0.15) is 11.4 Å². The van der Waals surface area contributed by atoms with Crippen LogP contribution in [0, 0.1) is 17.0 Å². The summed E-state index contributed by atoms with van der Waals surface area (Å²) >= 11 is 0. The highest BCUT2D eigenvalue weighted by molar-refractivity contribution is 6.76. The number of nitrogens with one attached hydrogen (secondary N) is 2. The number of carbonyl (C=O) groups excluding carboxylic acids is 3. The summed E-state index contributed by atoms with van der Waals surface area (Å²) in [6.45, 7) is 13.5. The predicted molar refractivity (Wildman–Crippen MR) is 142 cm³/mol. The lowest BCUT2D eigenvalue weighted by molar-refractivity contribution is -0.384. The maximum Gasteiger partial charge on any atom is 0.417 e. The zero-order valence-corrected chi connectivity index (χ0v) is 23.1. The molecule has 200 valence electrons. The number of non-ortho nitro benzene ring substituents is 1. The van der Waals surface area contributed by atoms with Crippen LogP contribution in [0.25, 0.3) is 0 Å². The zero-order chi connectivity index (χ0) is 28.0. The molecule has 0 aliphatic carbocycles. The van der Waals surface area contributed by atoms with Crippen molar-refractivity contribution in [3.8, 4) is 5.75 Å². The molecule has 12 heteroatoms. The van der Waals surface area contributed by atoms with Gasteiger partial charge in [0.2, 0.25) is 0 Å². The number of nitro groups is 1. The maximum absolute atomic E-state index is 13.1. The number of nitrogens with zero attached hydrogens (tertiary/aromatic N) is 1. The fourth-order valence-corrected chi connectivity index (χ4v) is 3.74. The molecule has 0 atom stereocenters. The van der Waals surface area contributed by atoms with E-state index in [1.165, 1.54) is 36.4 Å². The molecule has 0 saturated carbocycles. The summed E-state index contributed by atoms with van der Waals surface area (Å²) in [7, 11) is -1.47. The van der Waals surface area contributed by atoms with Gasteiger partial charge in [0.25, 0.3) is 5.69 Å². The summed E-state index contributed by atoms with van der Waals surface area (Å²) in [4.78, 5) is 48.2. The largest absolute Gasteiger partial charge is 0.462 e. The van der Waals surface area contributed by atoms with Gasteiger partial charge < -0.3 is 14.2 Å². The van der Waals surface area contributed by atoms with Gasteiger partial charge in [0.05, 0.1) is 22.8 Å². The molecular weight excluding hydrogens is 498 g/mol. The zero-order valence-electron chi connectivity index (χ0n) is 22.1. The molecule has 11 nitrogen and oxygen atoms in total. The van der Waals surface area contributed by atoms with E-state index in [0.717, 1.165) is 6.04 Å². The fourth-order valence-electron chi connectivity index (χ4n) is 3.03. The molecule has 0 aliphatic rings. The number of amides is 2. The quantitative estimate of drug-likeness (QED) is 0.173. The maximum atomic E-state index is 13.1. The molecule has 2 amide bonds. The van der Waals surface area contributed by atoms with Gasteiger partial charge in [0, 0.05) is 25.9 Å². The average molecular weight is 532 g/mol. The molecule has 0 fully saturated rings. The Labute approximate surface area is 216 Å². The molecular formula is C25H33N3O8Si. The van der Waals surface area contributed by atoms with Gasteiger partial charge in [-0.2, -0.15) is 0 Å². The van der Waals surface area contributed by atoms with Crippen LogP contribution >= 0.6 is 0 Å². The van der Waals surface area contributed by atoms with Crippen molar-refractivity contribution >= 4 is 43.3 Å². The Morgan fingerprint density at radius 3 is 2.05 bits per heavy atom. The topological polar surface area (TPSA) is 146 Å². The van der Waals surface area contributed by atoms with Gasteiger partial charge in [-0.3, -0.25) is 20.7 Å². The first kappa shape index (κ1) is 29.3. The van der Waals surface area contributed by atoms with Crippen LogP contribution in [0.4, 0.5) is 26.7 Å². The van der Waals surface area contributed by atoms with Gasteiger partial charge >= 0.3 is 18.2 Å². The minimum absolute atomic E-state index is 0.0461. The Bertz CT molecular complexity index is 1170. The minimum atomic E-state index is -1.47. The molecule has 0 saturated heterocycles. The number of hydrogen-bond donors (Lipinski definition) is 2. The van der Waals surface area contributed by atoms with E-state index in [2.05, 4.69) is 30.3 Å². The van der Waals surface area contributed by atoms with E-state index in [1.54, 1.807) is 27.7 Å². The first-order valence-corrected chi connectivity index (χ1v) is 15.3. The molecule has 37 heavy (non-hydrogen) atoms. The first-order valence-electron chi connectivity index (χ1n) is 11.6. The standard InChI is InChI=1S/C25H33N3O8Si/c1-16-19(26-24(31)36-25(2,3)4)12-13-20(21(16)22(29)34-14-15-37(5,6)7)27-23(30)35-18-10-8-17(9-11-18)28(32)33/h8-13H,14-15H2,1-7H3,(H,26,31)(H,27,30). The minimum Gasteiger partial charge on any atom is -0.462 e. The molecule has 2 aromatic rings. The summed E-state index contributed by atoms with van der Waals surface area (Å²) in [5, 5.41) is 15.9. The van der Waals surface area contributed by atoms with Crippen LogP contribution in [-0.4, -0.2) is 43.4 Å². The lowest BCUT2D eigenvalue weighted by Crippen LogP contribution is -2.28. The van der Waals surface area contributed by atoms with E-state index in [9.17, 15) is 24.5 Å². The Morgan fingerprint density at radius 2 is 1.51 bits per heavy atom. The Morgan fingerprint density at radius 1 is 0.946 bits per heavy atom. The molecule has 0 unspecified atom stereocenters. The number of rotatable bonds is 8. The van der Waals surface area contributed by atoms with Crippen LogP contribution < -0.4 is 15.4 Å². The molecule has 0 bridgehead atoms. The second-order valence-corrected chi connectivity index (χ2v) is 16.1. The number of carbonyl (C=O) groups is 3. The summed E-state index contributed by atoms with van der Waals surface area (Å²) in [5.41, 5.74) is -0.0564. The SMILES string of the molecule is Cc1c(NC(=O)OC(C)(C)C)ccc(NC(=O)Oc2ccc([N+](=O)[O-])cc2)c1C(=O)OCC[Si](C)(C)C. The molecule has 0 spiro atoms. The van der Waals surface area contributed by atoms with Crippen LogP contribution in [0.3, 0.4) is 0 Å². The highest BCUT2D eigenvalue weighted by Crippen LogP contribution is 2.29. The van der Waals surface area contributed by atoms with Crippen LogP contribution in [0.5, 0.6) is 5.75 Å². The third-order valence-corrected chi connectivity index (χ3v) is 6.59. The van der Waals surface area contributed by atoms with Crippen LogP contribution in [0.15, 0.2) is 36.4 Å². The van der Waals surface area contributed by atoms with Crippen molar-refractivity contribution in [2.75, 3.05) is 17.2 Å². The number of anilines is 2. The second-order valence-electron chi connectivity index (χ2n) is 10.5. The van der Waals surface area contributed by atoms with Crippen LogP contribution in [0.2, 0.25) is 25.7 Å². The number of esters is 1. The lowest BCUT2D eigenvalue weighted by atomic mass is 10.0. The van der Waals surface area contributed by atoms with Crippen molar-refractivity contribution in [1.82, 2.24) is 0 Å². The van der Waals surface area contributed by atoms with E-state index in [0.29, 0.717) is 11.3 Å².